The molecule has 0 saturated carbocycles. The van der Waals surface area contributed by atoms with Gasteiger partial charge in [-0.25, -0.2) is 14.4 Å². The molecular weight excluding hydrogens is 252 g/mol. The van der Waals surface area contributed by atoms with E-state index in [0.717, 1.165) is 0 Å². The van der Waals surface area contributed by atoms with Crippen molar-refractivity contribution in [2.75, 3.05) is 6.61 Å². The van der Waals surface area contributed by atoms with Gasteiger partial charge < -0.3 is 14.6 Å². The molecule has 0 amide bonds. The molecule has 0 fully saturated rings. The Morgan fingerprint density at radius 1 is 1.47 bits per heavy atom. The highest BCUT2D eigenvalue weighted by Gasteiger charge is 2.21. The number of rotatable bonds is 6. The number of carbonyl (C=O) groups is 3. The van der Waals surface area contributed by atoms with E-state index in [1.54, 1.807) is 0 Å². The van der Waals surface area contributed by atoms with Crippen LogP contribution in [-0.2, 0) is 23.9 Å². The summed E-state index contributed by atoms with van der Waals surface area (Å²) in [4.78, 5) is 32.5. The lowest BCUT2D eigenvalue weighted by molar-refractivity contribution is -0.163. The van der Waals surface area contributed by atoms with Crippen molar-refractivity contribution in [3.05, 3.63) is 23.8 Å². The number of aliphatic carboxylic acids is 1. The van der Waals surface area contributed by atoms with Crippen LogP contribution in [0.15, 0.2) is 23.8 Å². The minimum atomic E-state index is -1.39. The van der Waals surface area contributed by atoms with Crippen LogP contribution in [0.25, 0.3) is 0 Å². The SMILES string of the molecule is C=CCOC(=O)C(C)OC(=O)/C(Cl)=C/C(=O)O. The first kappa shape index (κ1) is 15.2. The summed E-state index contributed by atoms with van der Waals surface area (Å²) in [5, 5.41) is 7.68. The number of hydrogen-bond donors (Lipinski definition) is 1. The maximum atomic E-state index is 11.2. The molecule has 6 nitrogen and oxygen atoms in total. The number of carboxylic acid groups (broad SMARTS) is 1. The van der Waals surface area contributed by atoms with Crippen molar-refractivity contribution in [3.8, 4) is 0 Å². The maximum absolute atomic E-state index is 11.2. The van der Waals surface area contributed by atoms with E-state index in [9.17, 15) is 14.4 Å². The number of halogens is 1. The van der Waals surface area contributed by atoms with Crippen LogP contribution in [0.1, 0.15) is 6.92 Å². The monoisotopic (exact) mass is 262 g/mol. The molecule has 1 atom stereocenters. The second-order valence-electron chi connectivity index (χ2n) is 2.80. The topological polar surface area (TPSA) is 89.9 Å². The van der Waals surface area contributed by atoms with Crippen LogP contribution in [0.2, 0.25) is 0 Å². The van der Waals surface area contributed by atoms with Crippen molar-refractivity contribution >= 4 is 29.5 Å². The van der Waals surface area contributed by atoms with Gasteiger partial charge in [0, 0.05) is 6.08 Å². The molecule has 0 aromatic heterocycles. The Kier molecular flexibility index (Phi) is 6.65. The molecule has 0 heterocycles. The van der Waals surface area contributed by atoms with Gasteiger partial charge in [-0.1, -0.05) is 24.3 Å². The van der Waals surface area contributed by atoms with E-state index in [1.165, 1.54) is 13.0 Å². The predicted octanol–water partition coefficient (Wildman–Crippen LogP) is 0.855. The first-order chi connectivity index (χ1) is 7.88. The van der Waals surface area contributed by atoms with Crippen LogP contribution in [0, 0.1) is 0 Å². The summed E-state index contributed by atoms with van der Waals surface area (Å²) in [5.74, 6) is -3.29. The van der Waals surface area contributed by atoms with Crippen LogP contribution in [0.5, 0.6) is 0 Å². The van der Waals surface area contributed by atoms with Gasteiger partial charge in [-0.3, -0.25) is 0 Å². The molecule has 0 saturated heterocycles. The Hall–Kier alpha value is -1.82. The van der Waals surface area contributed by atoms with Crippen molar-refractivity contribution in [1.29, 1.82) is 0 Å². The number of ether oxygens (including phenoxy) is 2. The Labute approximate surface area is 102 Å². The van der Waals surface area contributed by atoms with Gasteiger partial charge in [-0.05, 0) is 6.92 Å². The molecule has 0 aliphatic rings. The average Bonchev–Trinajstić information content (AvgIpc) is 2.24. The largest absolute Gasteiger partial charge is 0.478 e. The first-order valence-corrected chi connectivity index (χ1v) is 4.85. The summed E-state index contributed by atoms with van der Waals surface area (Å²) in [6.45, 7) is 4.59. The molecule has 0 aromatic rings. The molecule has 0 spiro atoms. The van der Waals surface area contributed by atoms with E-state index >= 15 is 0 Å². The molecular formula is C10H11ClO6. The minimum Gasteiger partial charge on any atom is -0.478 e. The highest BCUT2D eigenvalue weighted by Crippen LogP contribution is 2.07. The predicted molar refractivity (Wildman–Crippen MR) is 58.3 cm³/mol. The Morgan fingerprint density at radius 3 is 2.53 bits per heavy atom. The van der Waals surface area contributed by atoms with E-state index < -0.39 is 29.0 Å². The molecule has 1 unspecified atom stereocenters. The van der Waals surface area contributed by atoms with Crippen LogP contribution in [0.3, 0.4) is 0 Å². The van der Waals surface area contributed by atoms with Crippen molar-refractivity contribution in [2.24, 2.45) is 0 Å². The quantitative estimate of drug-likeness (QED) is 0.434. The number of carboxylic acids is 1. The Morgan fingerprint density at radius 2 is 2.06 bits per heavy atom. The molecule has 0 bridgehead atoms. The van der Waals surface area contributed by atoms with Gasteiger partial charge >= 0.3 is 17.9 Å². The Balaban J connectivity index is 4.33. The van der Waals surface area contributed by atoms with E-state index in [2.05, 4.69) is 16.1 Å². The fourth-order valence-electron chi connectivity index (χ4n) is 0.691. The van der Waals surface area contributed by atoms with Gasteiger partial charge in [0.15, 0.2) is 6.10 Å². The highest BCUT2D eigenvalue weighted by molar-refractivity contribution is 6.42. The van der Waals surface area contributed by atoms with E-state index in [1.807, 2.05) is 0 Å². The third kappa shape index (κ3) is 6.36. The average molecular weight is 263 g/mol. The zero-order valence-electron chi connectivity index (χ0n) is 9.01. The van der Waals surface area contributed by atoms with Gasteiger partial charge in [0.2, 0.25) is 0 Å². The van der Waals surface area contributed by atoms with Gasteiger partial charge in [-0.15, -0.1) is 0 Å². The fourth-order valence-corrected chi connectivity index (χ4v) is 0.829. The Bertz CT molecular complexity index is 360. The zero-order chi connectivity index (χ0) is 13.4. The summed E-state index contributed by atoms with van der Waals surface area (Å²) in [5.41, 5.74) is 0. The van der Waals surface area contributed by atoms with Crippen LogP contribution in [-0.4, -0.2) is 35.7 Å². The van der Waals surface area contributed by atoms with Crippen molar-refractivity contribution in [3.63, 3.8) is 0 Å². The summed E-state index contributed by atoms with van der Waals surface area (Å²) in [7, 11) is 0. The molecule has 0 aromatic carbocycles. The molecule has 0 rings (SSSR count). The molecule has 94 valence electrons. The lowest BCUT2D eigenvalue weighted by Crippen LogP contribution is -2.26. The summed E-state index contributed by atoms with van der Waals surface area (Å²) in [6.07, 6.45) is 0.633. The summed E-state index contributed by atoms with van der Waals surface area (Å²) < 4.78 is 9.16. The zero-order valence-corrected chi connectivity index (χ0v) is 9.77. The third-order valence-electron chi connectivity index (χ3n) is 1.40. The van der Waals surface area contributed by atoms with Gasteiger partial charge in [0.25, 0.3) is 0 Å². The van der Waals surface area contributed by atoms with E-state index in [-0.39, 0.29) is 6.61 Å². The van der Waals surface area contributed by atoms with Crippen LogP contribution in [0.4, 0.5) is 0 Å². The summed E-state index contributed by atoms with van der Waals surface area (Å²) in [6, 6.07) is 0. The van der Waals surface area contributed by atoms with Gasteiger partial charge in [-0.2, -0.15) is 0 Å². The van der Waals surface area contributed by atoms with E-state index in [0.29, 0.717) is 6.08 Å². The second kappa shape index (κ2) is 7.45. The van der Waals surface area contributed by atoms with Crippen molar-refractivity contribution in [2.45, 2.75) is 13.0 Å². The molecule has 0 radical (unpaired) electrons. The molecule has 17 heavy (non-hydrogen) atoms. The van der Waals surface area contributed by atoms with E-state index in [4.69, 9.17) is 16.7 Å². The fraction of sp³-hybridized carbons (Fsp3) is 0.300. The number of hydrogen-bond acceptors (Lipinski definition) is 5. The van der Waals surface area contributed by atoms with Crippen molar-refractivity contribution < 1.29 is 29.0 Å². The lowest BCUT2D eigenvalue weighted by atomic mass is 10.4. The lowest BCUT2D eigenvalue weighted by Gasteiger charge is -2.11. The molecule has 1 N–H and O–H groups in total. The van der Waals surface area contributed by atoms with Crippen LogP contribution >= 0.6 is 11.6 Å². The first-order valence-electron chi connectivity index (χ1n) is 4.47. The van der Waals surface area contributed by atoms with Gasteiger partial charge in [0.05, 0.1) is 0 Å². The third-order valence-corrected chi connectivity index (χ3v) is 1.67. The normalized spacial score (nSPS) is 12.5. The van der Waals surface area contributed by atoms with Gasteiger partial charge in [0.1, 0.15) is 11.6 Å². The minimum absolute atomic E-state index is 0.0145. The molecule has 0 aliphatic carbocycles. The highest BCUT2D eigenvalue weighted by atomic mass is 35.5. The smallest absolute Gasteiger partial charge is 0.350 e. The standard InChI is InChI=1S/C10H11ClO6/c1-3-4-16-9(14)6(2)17-10(15)7(11)5-8(12)13/h3,5-6H,1,4H2,2H3,(H,12,13)/b7-5-. The molecule has 0 aliphatic heterocycles. The number of esters is 2. The maximum Gasteiger partial charge on any atom is 0.350 e. The summed E-state index contributed by atoms with van der Waals surface area (Å²) >= 11 is 5.32. The van der Waals surface area contributed by atoms with Crippen LogP contribution < -0.4 is 0 Å². The number of carbonyl (C=O) groups excluding carboxylic acids is 2. The van der Waals surface area contributed by atoms with Crippen molar-refractivity contribution in [1.82, 2.24) is 0 Å². The molecule has 7 heteroatoms. The second-order valence-corrected chi connectivity index (χ2v) is 3.20.